The molecule has 1 fully saturated rings. The summed E-state index contributed by atoms with van der Waals surface area (Å²) in [7, 11) is 0. The van der Waals surface area contributed by atoms with Crippen LogP contribution in [0.5, 0.6) is 0 Å². The summed E-state index contributed by atoms with van der Waals surface area (Å²) in [4.78, 5) is 13.8. The van der Waals surface area contributed by atoms with Gasteiger partial charge >= 0.3 is 0 Å². The van der Waals surface area contributed by atoms with Crippen LogP contribution in [0.2, 0.25) is 0 Å². The first-order chi connectivity index (χ1) is 11.2. The van der Waals surface area contributed by atoms with E-state index in [1.165, 1.54) is 5.56 Å². The molecule has 122 valence electrons. The Balaban J connectivity index is 1.71. The van der Waals surface area contributed by atoms with Gasteiger partial charge in [-0.05, 0) is 37.2 Å². The Kier molecular flexibility index (Phi) is 5.13. The molecule has 0 atom stereocenters. The predicted octanol–water partition coefficient (Wildman–Crippen LogP) is 3.43. The predicted molar refractivity (Wildman–Crippen MR) is 98.5 cm³/mol. The maximum atomic E-state index is 4.66. The van der Waals surface area contributed by atoms with Crippen molar-refractivity contribution in [3.05, 3.63) is 40.5 Å². The lowest BCUT2D eigenvalue weighted by Crippen LogP contribution is -2.46. The Morgan fingerprint density at radius 3 is 2.65 bits per heavy atom. The molecule has 1 saturated heterocycles. The molecule has 2 aromatic rings. The highest BCUT2D eigenvalue weighted by Gasteiger charge is 2.17. The minimum atomic E-state index is 0.803. The van der Waals surface area contributed by atoms with Crippen molar-refractivity contribution in [2.75, 3.05) is 42.9 Å². The van der Waals surface area contributed by atoms with E-state index in [-0.39, 0.29) is 0 Å². The molecule has 5 nitrogen and oxygen atoms in total. The van der Waals surface area contributed by atoms with E-state index < -0.39 is 0 Å². The Bertz CT molecular complexity index is 668. The van der Waals surface area contributed by atoms with Crippen molar-refractivity contribution in [1.29, 1.82) is 0 Å². The highest BCUT2D eigenvalue weighted by Crippen LogP contribution is 2.23. The van der Waals surface area contributed by atoms with Gasteiger partial charge in [-0.3, -0.25) is 0 Å². The van der Waals surface area contributed by atoms with Crippen molar-refractivity contribution in [2.24, 2.45) is 0 Å². The normalized spacial score (nSPS) is 15.7. The number of nitrogens with one attached hydrogen (secondary N) is 1. The van der Waals surface area contributed by atoms with E-state index in [0.29, 0.717) is 0 Å². The molecule has 1 N–H and O–H groups in total. The summed E-state index contributed by atoms with van der Waals surface area (Å²) in [6.07, 6.45) is 1.82. The van der Waals surface area contributed by atoms with Gasteiger partial charge in [-0.2, -0.15) is 4.98 Å². The molecule has 2 heterocycles. The molecule has 0 saturated carbocycles. The van der Waals surface area contributed by atoms with Crippen LogP contribution >= 0.6 is 15.9 Å². The molecule has 0 bridgehead atoms. The molecule has 1 aliphatic heterocycles. The Morgan fingerprint density at radius 1 is 1.17 bits per heavy atom. The number of halogens is 1. The lowest BCUT2D eigenvalue weighted by atomic mass is 10.2. The minimum Gasteiger partial charge on any atom is -0.340 e. The van der Waals surface area contributed by atoms with E-state index in [2.05, 4.69) is 73.1 Å². The number of nitrogens with zero attached hydrogens (tertiary/aromatic N) is 4. The first kappa shape index (κ1) is 16.2. The second kappa shape index (κ2) is 7.27. The van der Waals surface area contributed by atoms with Gasteiger partial charge < -0.3 is 15.1 Å². The Labute approximate surface area is 145 Å². The van der Waals surface area contributed by atoms with Crippen LogP contribution in [0.4, 0.5) is 17.5 Å². The van der Waals surface area contributed by atoms with E-state index >= 15 is 0 Å². The number of hydrogen-bond acceptors (Lipinski definition) is 5. The van der Waals surface area contributed by atoms with Crippen molar-refractivity contribution >= 4 is 33.4 Å². The zero-order valence-corrected chi connectivity index (χ0v) is 15.2. The average Bonchev–Trinajstić information content (AvgIpc) is 2.58. The molecule has 0 radical (unpaired) electrons. The number of piperazine rings is 1. The maximum absolute atomic E-state index is 4.66. The fourth-order valence-corrected chi connectivity index (χ4v) is 3.03. The van der Waals surface area contributed by atoms with Gasteiger partial charge in [0, 0.05) is 42.5 Å². The van der Waals surface area contributed by atoms with E-state index in [0.717, 1.165) is 54.7 Å². The van der Waals surface area contributed by atoms with E-state index in [9.17, 15) is 0 Å². The zero-order chi connectivity index (χ0) is 16.2. The van der Waals surface area contributed by atoms with Gasteiger partial charge in [0.25, 0.3) is 0 Å². The lowest BCUT2D eigenvalue weighted by molar-refractivity contribution is 0.270. The van der Waals surface area contributed by atoms with E-state index in [4.69, 9.17) is 0 Å². The maximum Gasteiger partial charge on any atom is 0.227 e. The molecule has 0 spiro atoms. The standard InChI is InChI=1S/C17H22BrN5/c1-3-22-8-10-23(11-9-22)17-19-7-6-16(21-17)20-14-5-4-13(2)15(18)12-14/h4-7,12H,3,8-11H2,1-2H3,(H,19,20,21). The summed E-state index contributed by atoms with van der Waals surface area (Å²) in [5, 5.41) is 3.35. The fraction of sp³-hybridized carbons (Fsp3) is 0.412. The van der Waals surface area contributed by atoms with Crippen LogP contribution in [0.1, 0.15) is 12.5 Å². The molecule has 0 amide bonds. The average molecular weight is 376 g/mol. The van der Waals surface area contributed by atoms with E-state index in [1.807, 2.05) is 12.3 Å². The molecular formula is C17H22BrN5. The molecule has 3 rings (SSSR count). The smallest absolute Gasteiger partial charge is 0.227 e. The third-order valence-corrected chi connectivity index (χ3v) is 5.04. The number of hydrogen-bond donors (Lipinski definition) is 1. The van der Waals surface area contributed by atoms with Gasteiger partial charge in [-0.15, -0.1) is 0 Å². The summed E-state index contributed by atoms with van der Waals surface area (Å²) in [6, 6.07) is 8.11. The van der Waals surface area contributed by atoms with Gasteiger partial charge in [-0.1, -0.05) is 28.9 Å². The Hall–Kier alpha value is -1.66. The third kappa shape index (κ3) is 4.00. The molecule has 1 aromatic carbocycles. The van der Waals surface area contributed by atoms with Crippen molar-refractivity contribution in [1.82, 2.24) is 14.9 Å². The molecule has 0 aliphatic carbocycles. The molecule has 1 aliphatic rings. The second-order valence-corrected chi connectivity index (χ2v) is 6.61. The molecule has 23 heavy (non-hydrogen) atoms. The van der Waals surface area contributed by atoms with Gasteiger partial charge in [0.2, 0.25) is 5.95 Å². The molecular weight excluding hydrogens is 354 g/mol. The van der Waals surface area contributed by atoms with Crippen LogP contribution in [0.25, 0.3) is 0 Å². The van der Waals surface area contributed by atoms with Gasteiger partial charge in [0.1, 0.15) is 5.82 Å². The number of aryl methyl sites for hydroxylation is 1. The number of anilines is 3. The highest BCUT2D eigenvalue weighted by molar-refractivity contribution is 9.10. The van der Waals surface area contributed by atoms with Crippen LogP contribution < -0.4 is 10.2 Å². The summed E-state index contributed by atoms with van der Waals surface area (Å²) >= 11 is 3.56. The monoisotopic (exact) mass is 375 g/mol. The van der Waals surface area contributed by atoms with Crippen LogP contribution in [-0.4, -0.2) is 47.6 Å². The highest BCUT2D eigenvalue weighted by atomic mass is 79.9. The zero-order valence-electron chi connectivity index (χ0n) is 13.6. The largest absolute Gasteiger partial charge is 0.340 e. The van der Waals surface area contributed by atoms with Crippen LogP contribution in [0.15, 0.2) is 34.9 Å². The molecule has 6 heteroatoms. The first-order valence-corrected chi connectivity index (χ1v) is 8.78. The summed E-state index contributed by atoms with van der Waals surface area (Å²) in [5.41, 5.74) is 2.23. The van der Waals surface area contributed by atoms with Crippen molar-refractivity contribution in [3.8, 4) is 0 Å². The third-order valence-electron chi connectivity index (χ3n) is 4.19. The van der Waals surface area contributed by atoms with Gasteiger partial charge in [0.15, 0.2) is 0 Å². The number of aromatic nitrogens is 2. The first-order valence-electron chi connectivity index (χ1n) is 7.99. The van der Waals surface area contributed by atoms with Crippen LogP contribution in [-0.2, 0) is 0 Å². The van der Waals surface area contributed by atoms with E-state index in [1.54, 1.807) is 0 Å². The number of benzene rings is 1. The topological polar surface area (TPSA) is 44.3 Å². The number of likely N-dealkylation sites (N-methyl/N-ethyl adjacent to an activating group) is 1. The molecule has 1 aromatic heterocycles. The molecule has 0 unspecified atom stereocenters. The quantitative estimate of drug-likeness (QED) is 0.886. The SMILES string of the molecule is CCN1CCN(c2nccc(Nc3ccc(C)c(Br)c3)n2)CC1. The summed E-state index contributed by atoms with van der Waals surface area (Å²) < 4.78 is 1.09. The van der Waals surface area contributed by atoms with Gasteiger partial charge in [-0.25, -0.2) is 4.98 Å². The summed E-state index contributed by atoms with van der Waals surface area (Å²) in [5.74, 6) is 1.63. The second-order valence-electron chi connectivity index (χ2n) is 5.75. The lowest BCUT2D eigenvalue weighted by Gasteiger charge is -2.34. The summed E-state index contributed by atoms with van der Waals surface area (Å²) in [6.45, 7) is 9.49. The van der Waals surface area contributed by atoms with Crippen LogP contribution in [0, 0.1) is 6.92 Å². The minimum absolute atomic E-state index is 0.803. The Morgan fingerprint density at radius 2 is 1.96 bits per heavy atom. The fourth-order valence-electron chi connectivity index (χ4n) is 2.65. The van der Waals surface area contributed by atoms with Crippen LogP contribution in [0.3, 0.4) is 0 Å². The van der Waals surface area contributed by atoms with Crippen molar-refractivity contribution in [2.45, 2.75) is 13.8 Å². The van der Waals surface area contributed by atoms with Crippen molar-refractivity contribution < 1.29 is 0 Å². The van der Waals surface area contributed by atoms with Gasteiger partial charge in [0.05, 0.1) is 0 Å². The number of rotatable bonds is 4. The van der Waals surface area contributed by atoms with Crippen molar-refractivity contribution in [3.63, 3.8) is 0 Å².